The van der Waals surface area contributed by atoms with Gasteiger partial charge in [-0.2, -0.15) is 4.99 Å². The van der Waals surface area contributed by atoms with Gasteiger partial charge in [-0.3, -0.25) is 4.79 Å². The van der Waals surface area contributed by atoms with Gasteiger partial charge in [-0.15, -0.1) is 0 Å². The lowest BCUT2D eigenvalue weighted by atomic mass is 10.1. The summed E-state index contributed by atoms with van der Waals surface area (Å²) >= 11 is 0. The number of carbonyl (C=O) groups is 2. The highest BCUT2D eigenvalue weighted by Gasteiger charge is 2.11. The zero-order chi connectivity index (χ0) is 9.56. The van der Waals surface area contributed by atoms with E-state index in [1.807, 2.05) is 0 Å². The normalized spacial score (nSPS) is 12.8. The van der Waals surface area contributed by atoms with Gasteiger partial charge in [0.15, 0.2) is 0 Å². The summed E-state index contributed by atoms with van der Waals surface area (Å²) in [5.41, 5.74) is 0. The largest absolute Gasteiger partial charge is 0.481 e. The summed E-state index contributed by atoms with van der Waals surface area (Å²) in [6, 6.07) is 0. The van der Waals surface area contributed by atoms with Crippen molar-refractivity contribution >= 4 is 18.3 Å². The van der Waals surface area contributed by atoms with Gasteiger partial charge in [0.1, 0.15) is 0 Å². The Morgan fingerprint density at radius 1 is 1.67 bits per heavy atom. The number of rotatable bonds is 3. The number of hydrogen-bond donors (Lipinski definition) is 1. The average Bonchev–Trinajstić information content (AvgIpc) is 2.04. The molecule has 0 spiro atoms. The molecule has 0 saturated heterocycles. The summed E-state index contributed by atoms with van der Waals surface area (Å²) in [7, 11) is 1.18. The minimum Gasteiger partial charge on any atom is -0.481 e. The Kier molecular flexibility index (Phi) is 4.67. The molecule has 1 N–H and O–H groups in total. The Morgan fingerprint density at radius 2 is 2.25 bits per heavy atom. The molecule has 0 fully saturated rings. The maximum absolute atomic E-state index is 10.4. The van der Waals surface area contributed by atoms with Crippen molar-refractivity contribution in [3.8, 4) is 0 Å². The van der Waals surface area contributed by atoms with Crippen molar-refractivity contribution < 1.29 is 19.4 Å². The van der Waals surface area contributed by atoms with Crippen LogP contribution in [0.1, 0.15) is 13.3 Å². The minimum absolute atomic E-state index is 0.399. The molecule has 1 amide bonds. The van der Waals surface area contributed by atoms with E-state index in [4.69, 9.17) is 5.11 Å². The van der Waals surface area contributed by atoms with E-state index in [0.29, 0.717) is 6.42 Å². The van der Waals surface area contributed by atoms with Crippen molar-refractivity contribution in [1.82, 2.24) is 0 Å². The standard InChI is InChI=1S/C7H11NO4/c1-3-5(6(9)10)4-8-7(11)12-2/h4-5H,3H2,1-2H3,(H,9,10). The first-order valence-corrected chi connectivity index (χ1v) is 3.46. The molecule has 1 atom stereocenters. The highest BCUT2D eigenvalue weighted by Crippen LogP contribution is 1.98. The van der Waals surface area contributed by atoms with Gasteiger partial charge in [0.2, 0.25) is 0 Å². The predicted octanol–water partition coefficient (Wildman–Crippen LogP) is 0.934. The number of aliphatic carboxylic acids is 1. The molecule has 12 heavy (non-hydrogen) atoms. The second kappa shape index (κ2) is 5.29. The summed E-state index contributed by atoms with van der Waals surface area (Å²) in [4.78, 5) is 24.1. The smallest absolute Gasteiger partial charge is 0.432 e. The average molecular weight is 173 g/mol. The lowest BCUT2D eigenvalue weighted by Gasteiger charge is -2.00. The summed E-state index contributed by atoms with van der Waals surface area (Å²) < 4.78 is 4.20. The molecule has 0 aromatic heterocycles. The molecule has 68 valence electrons. The van der Waals surface area contributed by atoms with E-state index in [2.05, 4.69) is 9.73 Å². The predicted molar refractivity (Wildman–Crippen MR) is 42.3 cm³/mol. The van der Waals surface area contributed by atoms with Crippen molar-refractivity contribution in [3.63, 3.8) is 0 Å². The maximum Gasteiger partial charge on any atom is 0.432 e. The Hall–Kier alpha value is -1.39. The van der Waals surface area contributed by atoms with Gasteiger partial charge < -0.3 is 9.84 Å². The Balaban J connectivity index is 4.10. The van der Waals surface area contributed by atoms with Crippen molar-refractivity contribution in [2.75, 3.05) is 7.11 Å². The van der Waals surface area contributed by atoms with Crippen LogP contribution in [0.25, 0.3) is 0 Å². The van der Waals surface area contributed by atoms with Crippen molar-refractivity contribution in [2.24, 2.45) is 10.9 Å². The molecule has 0 saturated carbocycles. The molecule has 5 heteroatoms. The van der Waals surface area contributed by atoms with Crippen LogP contribution in [0.3, 0.4) is 0 Å². The van der Waals surface area contributed by atoms with Crippen LogP contribution in [0.15, 0.2) is 4.99 Å². The van der Waals surface area contributed by atoms with E-state index >= 15 is 0 Å². The number of aliphatic imine (C=N–C) groups is 1. The number of carboxylic acids is 1. The van der Waals surface area contributed by atoms with Crippen LogP contribution >= 0.6 is 0 Å². The van der Waals surface area contributed by atoms with Gasteiger partial charge in [0.05, 0.1) is 13.0 Å². The van der Waals surface area contributed by atoms with Crippen LogP contribution in [0.4, 0.5) is 4.79 Å². The van der Waals surface area contributed by atoms with Gasteiger partial charge in [-0.1, -0.05) is 6.92 Å². The quantitative estimate of drug-likeness (QED) is 0.644. The zero-order valence-corrected chi connectivity index (χ0v) is 6.98. The maximum atomic E-state index is 10.4. The monoisotopic (exact) mass is 173 g/mol. The molecular weight excluding hydrogens is 162 g/mol. The fourth-order valence-corrected chi connectivity index (χ4v) is 0.547. The van der Waals surface area contributed by atoms with Crippen LogP contribution in [-0.2, 0) is 9.53 Å². The highest BCUT2D eigenvalue weighted by molar-refractivity contribution is 5.92. The molecule has 0 rings (SSSR count). The third-order valence-electron chi connectivity index (χ3n) is 1.29. The molecule has 0 bridgehead atoms. The molecule has 0 aromatic rings. The van der Waals surface area contributed by atoms with Crippen LogP contribution in [0.2, 0.25) is 0 Å². The van der Waals surface area contributed by atoms with Crippen molar-refractivity contribution in [2.45, 2.75) is 13.3 Å². The number of methoxy groups -OCH3 is 1. The fraction of sp³-hybridized carbons (Fsp3) is 0.571. The number of ether oxygens (including phenoxy) is 1. The molecule has 0 aromatic carbocycles. The number of carboxylic acid groups (broad SMARTS) is 1. The number of amides is 1. The minimum atomic E-state index is -0.995. The molecule has 0 aliphatic carbocycles. The first kappa shape index (κ1) is 10.6. The van der Waals surface area contributed by atoms with Gasteiger partial charge in [0, 0.05) is 6.21 Å². The summed E-state index contributed by atoms with van der Waals surface area (Å²) in [6.45, 7) is 1.70. The number of nitrogens with zero attached hydrogens (tertiary/aromatic N) is 1. The molecule has 1 unspecified atom stereocenters. The number of carbonyl (C=O) groups excluding carboxylic acids is 1. The van der Waals surface area contributed by atoms with E-state index in [-0.39, 0.29) is 0 Å². The number of hydrogen-bond acceptors (Lipinski definition) is 3. The van der Waals surface area contributed by atoms with Gasteiger partial charge in [-0.05, 0) is 6.42 Å². The lowest BCUT2D eigenvalue weighted by Crippen LogP contribution is -2.14. The van der Waals surface area contributed by atoms with Crippen LogP contribution in [0, 0.1) is 5.92 Å². The first-order chi connectivity index (χ1) is 5.61. The van der Waals surface area contributed by atoms with Crippen molar-refractivity contribution in [1.29, 1.82) is 0 Å². The van der Waals surface area contributed by atoms with Crippen LogP contribution in [0.5, 0.6) is 0 Å². The summed E-state index contributed by atoms with van der Waals surface area (Å²) in [5.74, 6) is -1.71. The first-order valence-electron chi connectivity index (χ1n) is 3.46. The second-order valence-corrected chi connectivity index (χ2v) is 2.10. The Labute approximate surface area is 70.1 Å². The van der Waals surface area contributed by atoms with Crippen molar-refractivity contribution in [3.05, 3.63) is 0 Å². The molecule has 0 heterocycles. The zero-order valence-electron chi connectivity index (χ0n) is 6.98. The second-order valence-electron chi connectivity index (χ2n) is 2.10. The van der Waals surface area contributed by atoms with Gasteiger partial charge in [0.25, 0.3) is 0 Å². The van der Waals surface area contributed by atoms with Gasteiger partial charge >= 0.3 is 12.1 Å². The molecule has 5 nitrogen and oxygen atoms in total. The van der Waals surface area contributed by atoms with Crippen LogP contribution in [-0.4, -0.2) is 30.5 Å². The Bertz CT molecular complexity index is 200. The van der Waals surface area contributed by atoms with Gasteiger partial charge in [-0.25, -0.2) is 4.79 Å². The van der Waals surface area contributed by atoms with E-state index in [1.54, 1.807) is 6.92 Å². The highest BCUT2D eigenvalue weighted by atomic mass is 16.5. The molecule has 0 radical (unpaired) electrons. The summed E-state index contributed by atoms with van der Waals surface area (Å²) in [5, 5.41) is 8.52. The summed E-state index contributed by atoms with van der Waals surface area (Å²) in [6.07, 6.45) is 0.693. The van der Waals surface area contributed by atoms with E-state index < -0.39 is 18.0 Å². The third kappa shape index (κ3) is 3.70. The van der Waals surface area contributed by atoms with E-state index in [1.165, 1.54) is 7.11 Å². The molecular formula is C7H11NO4. The molecule has 0 aliphatic heterocycles. The fourth-order valence-electron chi connectivity index (χ4n) is 0.547. The lowest BCUT2D eigenvalue weighted by molar-refractivity contribution is -0.139. The van der Waals surface area contributed by atoms with E-state index in [9.17, 15) is 9.59 Å². The third-order valence-corrected chi connectivity index (χ3v) is 1.29. The SMILES string of the molecule is CCC(C=NC(=O)OC)C(=O)O. The topological polar surface area (TPSA) is 76.0 Å². The molecule has 0 aliphatic rings. The Morgan fingerprint density at radius 3 is 2.58 bits per heavy atom. The van der Waals surface area contributed by atoms with E-state index in [0.717, 1.165) is 6.21 Å². The van der Waals surface area contributed by atoms with Crippen LogP contribution < -0.4 is 0 Å².